The minimum Gasteiger partial charge on any atom is -0.379 e. The summed E-state index contributed by atoms with van der Waals surface area (Å²) in [6.07, 6.45) is 0. The molecule has 23 heavy (non-hydrogen) atoms. The molecule has 6 nitrogen and oxygen atoms in total. The molecule has 1 heterocycles. The molecule has 0 saturated carbocycles. The van der Waals surface area contributed by atoms with E-state index in [9.17, 15) is 9.59 Å². The average molecular weight is 319 g/mol. The standard InChI is InChI=1S/C17H25N3O3/c1-14-4-3-5-16(12-14)18-17(22)13-20(15(2)21)7-6-19-8-10-23-11-9-19/h3-5,12H,6-11,13H2,1-2H3,(H,18,22). The zero-order chi connectivity index (χ0) is 16.7. The highest BCUT2D eigenvalue weighted by atomic mass is 16.5. The van der Waals surface area contributed by atoms with Gasteiger partial charge in [-0.2, -0.15) is 0 Å². The second-order valence-electron chi connectivity index (χ2n) is 5.81. The third-order valence-corrected chi connectivity index (χ3v) is 3.87. The average Bonchev–Trinajstić information content (AvgIpc) is 2.52. The smallest absolute Gasteiger partial charge is 0.243 e. The van der Waals surface area contributed by atoms with Gasteiger partial charge in [-0.25, -0.2) is 0 Å². The molecule has 1 aliphatic rings. The molecular formula is C17H25N3O3. The molecule has 0 bridgehead atoms. The number of hydrogen-bond acceptors (Lipinski definition) is 4. The summed E-state index contributed by atoms with van der Waals surface area (Å²) in [4.78, 5) is 27.7. The van der Waals surface area contributed by atoms with Gasteiger partial charge in [0.15, 0.2) is 0 Å². The van der Waals surface area contributed by atoms with Crippen molar-refractivity contribution < 1.29 is 14.3 Å². The fourth-order valence-electron chi connectivity index (χ4n) is 2.53. The maximum atomic E-state index is 12.2. The van der Waals surface area contributed by atoms with E-state index in [4.69, 9.17) is 4.74 Å². The van der Waals surface area contributed by atoms with Gasteiger partial charge in [-0.15, -0.1) is 0 Å². The van der Waals surface area contributed by atoms with Crippen molar-refractivity contribution in [3.63, 3.8) is 0 Å². The Hall–Kier alpha value is -1.92. The van der Waals surface area contributed by atoms with Crippen LogP contribution in [0.25, 0.3) is 0 Å². The summed E-state index contributed by atoms with van der Waals surface area (Å²) in [6.45, 7) is 8.08. The molecule has 0 spiro atoms. The van der Waals surface area contributed by atoms with E-state index in [1.54, 1.807) is 4.90 Å². The second-order valence-corrected chi connectivity index (χ2v) is 5.81. The second kappa shape index (κ2) is 8.64. The first kappa shape index (κ1) is 17.4. The van der Waals surface area contributed by atoms with E-state index in [1.165, 1.54) is 6.92 Å². The Labute approximate surface area is 137 Å². The summed E-state index contributed by atoms with van der Waals surface area (Å²) in [7, 11) is 0. The third kappa shape index (κ3) is 6.00. The highest BCUT2D eigenvalue weighted by Gasteiger charge is 2.16. The van der Waals surface area contributed by atoms with Crippen molar-refractivity contribution >= 4 is 17.5 Å². The van der Waals surface area contributed by atoms with Gasteiger partial charge < -0.3 is 15.0 Å². The molecule has 0 radical (unpaired) electrons. The number of carbonyl (C=O) groups is 2. The zero-order valence-corrected chi connectivity index (χ0v) is 13.9. The van der Waals surface area contributed by atoms with Crippen molar-refractivity contribution in [3.05, 3.63) is 29.8 Å². The molecule has 6 heteroatoms. The largest absolute Gasteiger partial charge is 0.379 e. The molecule has 1 fully saturated rings. The van der Waals surface area contributed by atoms with Gasteiger partial charge in [0.05, 0.1) is 19.8 Å². The highest BCUT2D eigenvalue weighted by molar-refractivity contribution is 5.94. The van der Waals surface area contributed by atoms with Crippen LogP contribution in [0.4, 0.5) is 5.69 Å². The SMILES string of the molecule is CC(=O)N(CCN1CCOCC1)CC(=O)Nc1cccc(C)c1. The molecular weight excluding hydrogens is 294 g/mol. The summed E-state index contributed by atoms with van der Waals surface area (Å²) in [6, 6.07) is 7.62. The van der Waals surface area contributed by atoms with Gasteiger partial charge in [0, 0.05) is 38.8 Å². The van der Waals surface area contributed by atoms with Crippen molar-refractivity contribution in [2.75, 3.05) is 51.3 Å². The molecule has 2 amide bonds. The van der Waals surface area contributed by atoms with Crippen LogP contribution in [0, 0.1) is 6.92 Å². The van der Waals surface area contributed by atoms with Crippen LogP contribution in [0.2, 0.25) is 0 Å². The number of nitrogens with one attached hydrogen (secondary N) is 1. The molecule has 2 rings (SSSR count). The third-order valence-electron chi connectivity index (χ3n) is 3.87. The predicted molar refractivity (Wildman–Crippen MR) is 89.3 cm³/mol. The molecule has 1 N–H and O–H groups in total. The van der Waals surface area contributed by atoms with E-state index in [2.05, 4.69) is 10.2 Å². The Bertz CT molecular complexity index is 542. The maximum absolute atomic E-state index is 12.2. The van der Waals surface area contributed by atoms with E-state index in [0.717, 1.165) is 44.1 Å². The molecule has 0 atom stereocenters. The normalized spacial score (nSPS) is 15.2. The molecule has 126 valence electrons. The fourth-order valence-corrected chi connectivity index (χ4v) is 2.53. The number of nitrogens with zero attached hydrogens (tertiary/aromatic N) is 2. The van der Waals surface area contributed by atoms with Crippen LogP contribution in [0.5, 0.6) is 0 Å². The number of hydrogen-bond donors (Lipinski definition) is 1. The van der Waals surface area contributed by atoms with Gasteiger partial charge in [-0.05, 0) is 24.6 Å². The predicted octanol–water partition coefficient (Wildman–Crippen LogP) is 1.11. The van der Waals surface area contributed by atoms with E-state index < -0.39 is 0 Å². The molecule has 0 unspecified atom stereocenters. The summed E-state index contributed by atoms with van der Waals surface area (Å²) >= 11 is 0. The van der Waals surface area contributed by atoms with E-state index >= 15 is 0 Å². The Morgan fingerprint density at radius 3 is 2.70 bits per heavy atom. The summed E-state index contributed by atoms with van der Waals surface area (Å²) in [5.74, 6) is -0.259. The number of anilines is 1. The van der Waals surface area contributed by atoms with Gasteiger partial charge >= 0.3 is 0 Å². The lowest BCUT2D eigenvalue weighted by atomic mass is 10.2. The molecule has 1 aromatic carbocycles. The highest BCUT2D eigenvalue weighted by Crippen LogP contribution is 2.09. The number of ether oxygens (including phenoxy) is 1. The van der Waals surface area contributed by atoms with Crippen molar-refractivity contribution in [1.82, 2.24) is 9.80 Å². The molecule has 0 aromatic heterocycles. The van der Waals surface area contributed by atoms with Crippen LogP contribution in [0.15, 0.2) is 24.3 Å². The molecule has 1 saturated heterocycles. The van der Waals surface area contributed by atoms with Crippen molar-refractivity contribution in [2.45, 2.75) is 13.8 Å². The van der Waals surface area contributed by atoms with E-state index in [0.29, 0.717) is 6.54 Å². The Kier molecular flexibility index (Phi) is 6.55. The Balaban J connectivity index is 1.83. The number of aryl methyl sites for hydroxylation is 1. The van der Waals surface area contributed by atoms with Crippen molar-refractivity contribution in [2.24, 2.45) is 0 Å². The Morgan fingerprint density at radius 2 is 2.04 bits per heavy atom. The fraction of sp³-hybridized carbons (Fsp3) is 0.529. The minimum absolute atomic E-state index is 0.0770. The van der Waals surface area contributed by atoms with Gasteiger partial charge in [0.25, 0.3) is 0 Å². The van der Waals surface area contributed by atoms with Crippen molar-refractivity contribution in [3.8, 4) is 0 Å². The first-order chi connectivity index (χ1) is 11.0. The van der Waals surface area contributed by atoms with Gasteiger partial charge in [-0.1, -0.05) is 12.1 Å². The topological polar surface area (TPSA) is 61.9 Å². The number of carbonyl (C=O) groups excluding carboxylic acids is 2. The van der Waals surface area contributed by atoms with Gasteiger partial charge in [0.1, 0.15) is 0 Å². The minimum atomic E-state index is -0.173. The molecule has 1 aliphatic heterocycles. The molecule has 0 aliphatic carbocycles. The zero-order valence-electron chi connectivity index (χ0n) is 13.9. The summed E-state index contributed by atoms with van der Waals surface area (Å²) < 4.78 is 5.31. The number of morpholine rings is 1. The first-order valence-electron chi connectivity index (χ1n) is 7.97. The van der Waals surface area contributed by atoms with E-state index in [1.807, 2.05) is 31.2 Å². The van der Waals surface area contributed by atoms with Gasteiger partial charge in [-0.3, -0.25) is 14.5 Å². The van der Waals surface area contributed by atoms with E-state index in [-0.39, 0.29) is 18.4 Å². The lowest BCUT2D eigenvalue weighted by Crippen LogP contribution is -2.44. The quantitative estimate of drug-likeness (QED) is 0.853. The van der Waals surface area contributed by atoms with Crippen LogP contribution < -0.4 is 5.32 Å². The van der Waals surface area contributed by atoms with Crippen LogP contribution in [0.1, 0.15) is 12.5 Å². The van der Waals surface area contributed by atoms with Crippen LogP contribution in [-0.2, 0) is 14.3 Å². The maximum Gasteiger partial charge on any atom is 0.243 e. The first-order valence-corrected chi connectivity index (χ1v) is 7.97. The summed E-state index contributed by atoms with van der Waals surface area (Å²) in [5.41, 5.74) is 1.84. The van der Waals surface area contributed by atoms with Gasteiger partial charge in [0.2, 0.25) is 11.8 Å². The van der Waals surface area contributed by atoms with Crippen LogP contribution in [0.3, 0.4) is 0 Å². The van der Waals surface area contributed by atoms with Crippen LogP contribution in [-0.4, -0.2) is 67.6 Å². The monoisotopic (exact) mass is 319 g/mol. The lowest BCUT2D eigenvalue weighted by molar-refractivity contribution is -0.133. The van der Waals surface area contributed by atoms with Crippen LogP contribution >= 0.6 is 0 Å². The molecule has 1 aromatic rings. The number of rotatable bonds is 6. The van der Waals surface area contributed by atoms with Crippen molar-refractivity contribution in [1.29, 1.82) is 0 Å². The summed E-state index contributed by atoms with van der Waals surface area (Å²) in [5, 5.41) is 2.84. The Morgan fingerprint density at radius 1 is 1.30 bits per heavy atom. The number of amides is 2. The lowest BCUT2D eigenvalue weighted by Gasteiger charge is -2.29. The number of benzene rings is 1.